The zero-order chi connectivity index (χ0) is 59.3. The van der Waals surface area contributed by atoms with Crippen LogP contribution in [-0.4, -0.2) is 165 Å². The smallest absolute Gasteiger partial charge is 0.399 e. The molecule has 13 heterocycles. The van der Waals surface area contributed by atoms with Crippen LogP contribution in [0.2, 0.25) is 0 Å². The maximum absolute atomic E-state index is 13.8. The van der Waals surface area contributed by atoms with E-state index in [1.807, 2.05) is 58.3 Å². The lowest BCUT2D eigenvalue weighted by molar-refractivity contribution is -0.0698. The number of rotatable bonds is 14. The monoisotopic (exact) mass is 1160 g/mol. The molecule has 5 fully saturated rings. The Morgan fingerprint density at radius 2 is 1.24 bits per heavy atom. The van der Waals surface area contributed by atoms with Gasteiger partial charge in [-0.1, -0.05) is 13.8 Å². The van der Waals surface area contributed by atoms with Crippen molar-refractivity contribution in [1.82, 2.24) is 38.5 Å². The molecule has 0 aromatic carbocycles. The van der Waals surface area contributed by atoms with Crippen molar-refractivity contribution in [2.45, 2.75) is 122 Å². The van der Waals surface area contributed by atoms with Gasteiger partial charge in [-0.2, -0.15) is 0 Å². The minimum absolute atomic E-state index is 0.131. The van der Waals surface area contributed by atoms with Crippen molar-refractivity contribution in [2.75, 3.05) is 97.6 Å². The summed E-state index contributed by atoms with van der Waals surface area (Å²) in [6, 6.07) is 17.2. The van der Waals surface area contributed by atoms with Crippen molar-refractivity contribution in [3.63, 3.8) is 0 Å². The lowest BCUT2D eigenvalue weighted by Gasteiger charge is -2.47. The van der Waals surface area contributed by atoms with Crippen LogP contribution in [0.4, 0.5) is 40.2 Å². The number of anilines is 7. The molecule has 7 aliphatic heterocycles. The first kappa shape index (κ1) is 58.2. The molecule has 0 saturated carbocycles. The first-order chi connectivity index (χ1) is 41.0. The molecular weight excluding hydrogens is 1080 g/mol. The fourth-order valence-corrected chi connectivity index (χ4v) is 13.0. The van der Waals surface area contributed by atoms with Crippen molar-refractivity contribution >= 4 is 65.0 Å². The Morgan fingerprint density at radius 3 is 1.76 bits per heavy atom. The molecule has 448 valence electrons. The number of carbonyl (C=O) groups excluding carboxylic acids is 2. The van der Waals surface area contributed by atoms with E-state index >= 15 is 0 Å². The van der Waals surface area contributed by atoms with Crippen LogP contribution < -0.4 is 41.9 Å². The molecule has 0 unspecified atom stereocenters. The molecule has 13 rings (SSSR count). The average Bonchev–Trinajstić information content (AvgIpc) is 2.16. The van der Waals surface area contributed by atoms with E-state index in [0.717, 1.165) is 133 Å². The van der Waals surface area contributed by atoms with Gasteiger partial charge in [-0.3, -0.25) is 33.9 Å². The molecule has 1 amide bonds. The SMILES string of the molecule is CC[C@H]1CN(C2COC2)CCN1c1ccc(Nc2cc(-c3ccnc(N4CCc5c(cc6n5CCCC6)C4=O)c3C=O)cn(C)c2=O)nc1.CC[C@H]1CN(C2COC2)CCN1c1ccc(Nc2cc(B3OC(C)(C)C(C)(C)O3)cn(C)c2=O)nc1. The van der Waals surface area contributed by atoms with Crippen molar-refractivity contribution in [3.05, 3.63) is 123 Å². The van der Waals surface area contributed by atoms with Gasteiger partial charge in [0.05, 0.1) is 84.6 Å². The van der Waals surface area contributed by atoms with Crippen LogP contribution in [0.5, 0.6) is 0 Å². The average molecular weight is 1160 g/mol. The molecule has 85 heavy (non-hydrogen) atoms. The Morgan fingerprint density at radius 1 is 0.659 bits per heavy atom. The number of hydrogen-bond acceptors (Lipinski definition) is 17. The van der Waals surface area contributed by atoms with Gasteiger partial charge in [-0.15, -0.1) is 0 Å². The summed E-state index contributed by atoms with van der Waals surface area (Å²) >= 11 is 0. The Kier molecular flexibility index (Phi) is 16.4. The summed E-state index contributed by atoms with van der Waals surface area (Å²) in [4.78, 5) is 78.1. The number of amides is 1. The normalized spacial score (nSPS) is 21.6. The summed E-state index contributed by atoms with van der Waals surface area (Å²) in [5, 5.41) is 6.43. The van der Waals surface area contributed by atoms with Crippen LogP contribution in [0.3, 0.4) is 0 Å². The van der Waals surface area contributed by atoms with E-state index in [9.17, 15) is 19.2 Å². The highest BCUT2D eigenvalue weighted by Crippen LogP contribution is 2.38. The number of pyridine rings is 5. The number of ether oxygens (including phenoxy) is 2. The Bertz CT molecular complexity index is 3540. The number of aromatic nitrogens is 6. The molecule has 6 aromatic heterocycles. The van der Waals surface area contributed by atoms with Crippen molar-refractivity contribution in [3.8, 4) is 11.1 Å². The van der Waals surface area contributed by atoms with Crippen LogP contribution in [0, 0.1) is 0 Å². The lowest BCUT2D eigenvalue weighted by Crippen LogP contribution is -2.60. The summed E-state index contributed by atoms with van der Waals surface area (Å²) in [6.07, 6.45) is 15.7. The zero-order valence-electron chi connectivity index (χ0n) is 50.4. The van der Waals surface area contributed by atoms with Gasteiger partial charge in [0.15, 0.2) is 6.29 Å². The molecule has 0 spiro atoms. The standard InChI is InChI=1S/C37H42N8O4.C26H38BN5O4/c1-3-25-20-42(28-22-49-23-28)14-15-43(25)27-7-8-34(39-18-27)40-32-16-24(19-41(2)37(32)48)29-9-11-38-35(31(29)21-46)45-13-10-33-30(36(45)47)17-26-6-4-5-12-44(26)33;1-7-19-15-31(21-16-34-17-21)10-11-32(19)20-8-9-23(28-13-20)29-22-12-18(14-30(6)24(22)33)27-35-25(2,3)26(4,5)36-27/h7-9,11,16-19,21,25,28H,3-6,10,12-15,20,22-23H2,1-2H3,(H,39,40);8-9,12-14,19,21H,7,10-11,15-17H2,1-6H3,(H,28,29)/t25-;19-/m00/s1. The quantitative estimate of drug-likeness (QED) is 0.0928. The van der Waals surface area contributed by atoms with Gasteiger partial charge in [0.1, 0.15) is 28.8 Å². The summed E-state index contributed by atoms with van der Waals surface area (Å²) < 4.78 is 28.5. The fraction of sp³-hybridized carbons (Fsp3) is 0.508. The highest BCUT2D eigenvalue weighted by atomic mass is 16.7. The van der Waals surface area contributed by atoms with Gasteiger partial charge >= 0.3 is 7.12 Å². The summed E-state index contributed by atoms with van der Waals surface area (Å²) in [5.41, 5.74) is 7.00. The minimum atomic E-state index is -0.547. The van der Waals surface area contributed by atoms with Crippen LogP contribution in [0.1, 0.15) is 99.3 Å². The topological polar surface area (TPSA) is 199 Å². The van der Waals surface area contributed by atoms with E-state index in [2.05, 4.69) is 75.7 Å². The van der Waals surface area contributed by atoms with Gasteiger partial charge in [0.25, 0.3) is 17.0 Å². The first-order valence-corrected chi connectivity index (χ1v) is 30.4. The third-order valence-corrected chi connectivity index (χ3v) is 18.9. The van der Waals surface area contributed by atoms with Gasteiger partial charge in [0.2, 0.25) is 0 Å². The molecule has 0 bridgehead atoms. The fourth-order valence-electron chi connectivity index (χ4n) is 13.0. The Balaban J connectivity index is 0.000000175. The van der Waals surface area contributed by atoms with E-state index in [0.29, 0.717) is 88.2 Å². The largest absolute Gasteiger partial charge is 0.496 e. The molecule has 5 saturated heterocycles. The Labute approximate surface area is 497 Å². The predicted molar refractivity (Wildman–Crippen MR) is 331 cm³/mol. The molecule has 2 atom stereocenters. The third-order valence-electron chi connectivity index (χ3n) is 18.9. The molecule has 0 aliphatic carbocycles. The predicted octanol–water partition coefficient (Wildman–Crippen LogP) is 6.16. The molecule has 7 aliphatic rings. The van der Waals surface area contributed by atoms with Crippen molar-refractivity contribution in [1.29, 1.82) is 0 Å². The molecule has 0 radical (unpaired) electrons. The second-order valence-corrected chi connectivity index (χ2v) is 24.7. The zero-order valence-corrected chi connectivity index (χ0v) is 50.4. The van der Waals surface area contributed by atoms with E-state index in [1.165, 1.54) is 10.3 Å². The molecule has 6 aromatic rings. The summed E-state index contributed by atoms with van der Waals surface area (Å²) in [7, 11) is 2.87. The highest BCUT2D eigenvalue weighted by molar-refractivity contribution is 6.62. The molecule has 21 nitrogen and oxygen atoms in total. The van der Waals surface area contributed by atoms with E-state index in [1.54, 1.807) is 60.4 Å². The number of nitrogens with zero attached hydrogens (tertiary/aromatic N) is 11. The van der Waals surface area contributed by atoms with Gasteiger partial charge in [-0.25, -0.2) is 15.0 Å². The van der Waals surface area contributed by atoms with E-state index in [-0.39, 0.29) is 17.0 Å². The summed E-state index contributed by atoms with van der Waals surface area (Å²) in [5.74, 6) is 1.38. The number of fused-ring (bicyclic) bond motifs is 3. The van der Waals surface area contributed by atoms with Gasteiger partial charge in [0, 0.05) is 126 Å². The highest BCUT2D eigenvalue weighted by Gasteiger charge is 2.52. The molecular formula is C63H80BN13O8. The van der Waals surface area contributed by atoms with Crippen LogP contribution in [0.15, 0.2) is 89.1 Å². The van der Waals surface area contributed by atoms with Crippen LogP contribution in [0.25, 0.3) is 11.1 Å². The van der Waals surface area contributed by atoms with Crippen molar-refractivity contribution in [2.24, 2.45) is 14.1 Å². The van der Waals surface area contributed by atoms with Gasteiger partial charge < -0.3 is 52.9 Å². The Hall–Kier alpha value is -7.21. The number of hydrogen-bond donors (Lipinski definition) is 2. The van der Waals surface area contributed by atoms with Crippen LogP contribution in [-0.2, 0) is 52.3 Å². The second kappa shape index (κ2) is 23.9. The van der Waals surface area contributed by atoms with E-state index < -0.39 is 18.3 Å². The molecule has 2 N–H and O–H groups in total. The van der Waals surface area contributed by atoms with Crippen molar-refractivity contribution < 1.29 is 28.4 Å². The van der Waals surface area contributed by atoms with Gasteiger partial charge in [-0.05, 0) is 114 Å². The first-order valence-electron chi connectivity index (χ1n) is 30.4. The van der Waals surface area contributed by atoms with Crippen LogP contribution >= 0.6 is 0 Å². The maximum atomic E-state index is 13.8. The number of piperazine rings is 2. The number of carbonyl (C=O) groups is 2. The minimum Gasteiger partial charge on any atom is -0.399 e. The third kappa shape index (κ3) is 11.4. The summed E-state index contributed by atoms with van der Waals surface area (Å²) in [6.45, 7) is 23.3. The number of nitrogens with one attached hydrogen (secondary N) is 2. The van der Waals surface area contributed by atoms with E-state index in [4.69, 9.17) is 18.8 Å². The second-order valence-electron chi connectivity index (χ2n) is 24.7. The number of aldehydes is 1. The molecule has 22 heteroatoms. The maximum Gasteiger partial charge on any atom is 0.496 e. The lowest BCUT2D eigenvalue weighted by atomic mass is 9.80. The number of aryl methyl sites for hydroxylation is 3.